The molecule has 1 aliphatic rings. The third kappa shape index (κ3) is 3.84. The van der Waals surface area contributed by atoms with Crippen molar-refractivity contribution in [3.05, 3.63) is 68.9 Å². The molecule has 1 aliphatic heterocycles. The topological polar surface area (TPSA) is 62.3 Å². The summed E-state index contributed by atoms with van der Waals surface area (Å²) in [4.78, 5) is 34.2. The summed E-state index contributed by atoms with van der Waals surface area (Å²) < 4.78 is 0. The highest BCUT2D eigenvalue weighted by molar-refractivity contribution is 7.14. The normalized spacial score (nSPS) is 18.8. The number of benzene rings is 1. The smallest absolute Gasteiger partial charge is 0.254 e. The Hall–Kier alpha value is -2.51. The van der Waals surface area contributed by atoms with Crippen LogP contribution in [0.15, 0.2) is 47.2 Å². The molecule has 0 spiro atoms. The van der Waals surface area contributed by atoms with Crippen molar-refractivity contribution in [2.75, 3.05) is 11.9 Å². The summed E-state index contributed by atoms with van der Waals surface area (Å²) in [5, 5.41) is 7.48. The molecule has 0 unspecified atom stereocenters. The van der Waals surface area contributed by atoms with E-state index < -0.39 is 5.92 Å². The van der Waals surface area contributed by atoms with Crippen molar-refractivity contribution in [2.45, 2.75) is 32.7 Å². The lowest BCUT2D eigenvalue weighted by atomic mass is 9.81. The molecule has 1 aromatic carbocycles. The van der Waals surface area contributed by atoms with Crippen molar-refractivity contribution in [1.29, 1.82) is 0 Å². The highest BCUT2D eigenvalue weighted by atomic mass is 32.1. The third-order valence-corrected chi connectivity index (χ3v) is 6.79. The van der Waals surface area contributed by atoms with Gasteiger partial charge in [0.25, 0.3) is 5.91 Å². The first-order valence-electron chi connectivity index (χ1n) is 9.62. The number of anilines is 1. The average molecular weight is 426 g/mol. The molecule has 3 heterocycles. The number of aryl methyl sites for hydroxylation is 1. The van der Waals surface area contributed by atoms with Crippen molar-refractivity contribution in [2.24, 2.45) is 5.92 Å². The summed E-state index contributed by atoms with van der Waals surface area (Å²) in [5.74, 6) is -0.351. The standard InChI is InChI=1S/C22H23N3O2S2/c1-13(2)11-25-19(17-9-6-10-28-17)18(15-7-4-5-8-16(15)21(25)27)20(26)24-22-23-14(3)12-29-22/h4-10,12-13,18-19H,11H2,1-3H3,(H,23,24,26)/t18-,19+/m1/s1. The van der Waals surface area contributed by atoms with Crippen LogP contribution in [-0.2, 0) is 4.79 Å². The average Bonchev–Trinajstić information content (AvgIpc) is 3.35. The van der Waals surface area contributed by atoms with Crippen molar-refractivity contribution in [3.63, 3.8) is 0 Å². The lowest BCUT2D eigenvalue weighted by Gasteiger charge is -2.41. The first kappa shape index (κ1) is 19.8. The molecule has 2 aromatic heterocycles. The summed E-state index contributed by atoms with van der Waals surface area (Å²) in [7, 11) is 0. The highest BCUT2D eigenvalue weighted by Crippen LogP contribution is 2.45. The fourth-order valence-electron chi connectivity index (χ4n) is 3.84. The second-order valence-corrected chi connectivity index (χ2v) is 9.50. The Morgan fingerprint density at radius 1 is 1.21 bits per heavy atom. The minimum Gasteiger partial charge on any atom is -0.329 e. The molecular formula is C22H23N3O2S2. The number of fused-ring (bicyclic) bond motifs is 1. The van der Waals surface area contributed by atoms with Crippen LogP contribution >= 0.6 is 22.7 Å². The zero-order chi connectivity index (χ0) is 20.5. The molecule has 1 N–H and O–H groups in total. The maximum atomic E-state index is 13.5. The van der Waals surface area contributed by atoms with Crippen molar-refractivity contribution in [3.8, 4) is 0 Å². The Kier molecular flexibility index (Phi) is 5.52. The fourth-order valence-corrected chi connectivity index (χ4v) is 5.41. The van der Waals surface area contributed by atoms with Crippen molar-refractivity contribution in [1.82, 2.24) is 9.88 Å². The number of thiazole rings is 1. The van der Waals surface area contributed by atoms with Crippen LogP contribution in [0.3, 0.4) is 0 Å². The SMILES string of the molecule is Cc1csc(NC(=O)[C@@H]2c3ccccc3C(=O)N(CC(C)C)[C@H]2c2cccs2)n1. The maximum absolute atomic E-state index is 13.5. The number of nitrogens with zero attached hydrogens (tertiary/aromatic N) is 2. The van der Waals surface area contributed by atoms with Gasteiger partial charge in [-0.1, -0.05) is 38.1 Å². The van der Waals surface area contributed by atoms with Crippen LogP contribution in [0.1, 0.15) is 52.3 Å². The van der Waals surface area contributed by atoms with Crippen LogP contribution in [0, 0.1) is 12.8 Å². The number of hydrogen-bond donors (Lipinski definition) is 1. The molecule has 3 aromatic rings. The number of aromatic nitrogens is 1. The van der Waals surface area contributed by atoms with Crippen LogP contribution in [0.4, 0.5) is 5.13 Å². The molecule has 4 rings (SSSR count). The number of carbonyl (C=O) groups is 2. The first-order chi connectivity index (χ1) is 14.0. The predicted molar refractivity (Wildman–Crippen MR) is 118 cm³/mol. The Morgan fingerprint density at radius 2 is 2.00 bits per heavy atom. The van der Waals surface area contributed by atoms with E-state index >= 15 is 0 Å². The molecule has 0 bridgehead atoms. The summed E-state index contributed by atoms with van der Waals surface area (Å²) in [6, 6.07) is 11.1. The number of thiophene rings is 1. The molecule has 0 saturated carbocycles. The van der Waals surface area contributed by atoms with Crippen LogP contribution in [0.5, 0.6) is 0 Å². The van der Waals surface area contributed by atoms with E-state index in [9.17, 15) is 9.59 Å². The van der Waals surface area contributed by atoms with Crippen LogP contribution in [0.2, 0.25) is 0 Å². The fraction of sp³-hybridized carbons (Fsp3) is 0.318. The molecule has 0 saturated heterocycles. The molecule has 150 valence electrons. The van der Waals surface area contributed by atoms with Crippen molar-refractivity contribution < 1.29 is 9.59 Å². The van der Waals surface area contributed by atoms with E-state index in [2.05, 4.69) is 24.1 Å². The Labute approximate surface area is 178 Å². The predicted octanol–water partition coefficient (Wildman–Crippen LogP) is 5.09. The maximum Gasteiger partial charge on any atom is 0.254 e. The van der Waals surface area contributed by atoms with Gasteiger partial charge in [0.15, 0.2) is 5.13 Å². The zero-order valence-corrected chi connectivity index (χ0v) is 18.2. The molecule has 2 atom stereocenters. The Bertz CT molecular complexity index is 1030. The van der Waals surface area contributed by atoms with Gasteiger partial charge >= 0.3 is 0 Å². The van der Waals surface area contributed by atoms with Gasteiger partial charge in [-0.25, -0.2) is 4.98 Å². The molecule has 0 fully saturated rings. The van der Waals surface area contributed by atoms with E-state index in [1.165, 1.54) is 11.3 Å². The lowest BCUT2D eigenvalue weighted by Crippen LogP contribution is -2.47. The number of hydrogen-bond acceptors (Lipinski definition) is 5. The summed E-state index contributed by atoms with van der Waals surface area (Å²) in [6.07, 6.45) is 0. The minimum atomic E-state index is -0.495. The molecule has 0 aliphatic carbocycles. The number of carbonyl (C=O) groups excluding carboxylic acids is 2. The number of nitrogens with one attached hydrogen (secondary N) is 1. The van der Waals surface area contributed by atoms with Crippen LogP contribution in [-0.4, -0.2) is 28.2 Å². The Balaban J connectivity index is 1.82. The number of amides is 2. The van der Waals surface area contributed by atoms with E-state index in [1.54, 1.807) is 11.3 Å². The molecule has 29 heavy (non-hydrogen) atoms. The van der Waals surface area contributed by atoms with Gasteiger partial charge in [-0.3, -0.25) is 9.59 Å². The van der Waals surface area contributed by atoms with E-state index in [0.29, 0.717) is 17.2 Å². The lowest BCUT2D eigenvalue weighted by molar-refractivity contribution is -0.119. The first-order valence-corrected chi connectivity index (χ1v) is 11.4. The van der Waals surface area contributed by atoms with E-state index in [-0.39, 0.29) is 23.8 Å². The van der Waals surface area contributed by atoms with Gasteiger partial charge in [-0.15, -0.1) is 22.7 Å². The van der Waals surface area contributed by atoms with Crippen LogP contribution < -0.4 is 5.32 Å². The second-order valence-electron chi connectivity index (χ2n) is 7.66. The quantitative estimate of drug-likeness (QED) is 0.619. The van der Waals surface area contributed by atoms with Gasteiger partial charge in [-0.2, -0.15) is 0 Å². The van der Waals surface area contributed by atoms with Crippen molar-refractivity contribution >= 4 is 39.6 Å². The van der Waals surface area contributed by atoms with Gasteiger partial charge < -0.3 is 10.2 Å². The second kappa shape index (κ2) is 8.08. The molecule has 2 amide bonds. The summed E-state index contributed by atoms with van der Waals surface area (Å²) in [5.41, 5.74) is 2.26. The highest BCUT2D eigenvalue weighted by Gasteiger charge is 2.44. The van der Waals surface area contributed by atoms with Gasteiger partial charge in [-0.05, 0) is 35.9 Å². The molecular weight excluding hydrogens is 402 g/mol. The van der Waals surface area contributed by atoms with E-state index in [4.69, 9.17) is 0 Å². The summed E-state index contributed by atoms with van der Waals surface area (Å²) >= 11 is 2.99. The monoisotopic (exact) mass is 425 g/mol. The largest absolute Gasteiger partial charge is 0.329 e. The number of rotatable bonds is 5. The van der Waals surface area contributed by atoms with Gasteiger partial charge in [0.1, 0.15) is 0 Å². The summed E-state index contributed by atoms with van der Waals surface area (Å²) in [6.45, 7) is 6.68. The molecule has 7 heteroatoms. The Morgan fingerprint density at radius 3 is 2.66 bits per heavy atom. The van der Waals surface area contributed by atoms with Gasteiger partial charge in [0, 0.05) is 22.4 Å². The van der Waals surface area contributed by atoms with Gasteiger partial charge in [0.05, 0.1) is 17.7 Å². The zero-order valence-electron chi connectivity index (χ0n) is 16.6. The minimum absolute atomic E-state index is 0.0122. The molecule has 5 nitrogen and oxygen atoms in total. The van der Waals surface area contributed by atoms with E-state index in [0.717, 1.165) is 16.1 Å². The van der Waals surface area contributed by atoms with Gasteiger partial charge in [0.2, 0.25) is 5.91 Å². The molecule has 0 radical (unpaired) electrons. The van der Waals surface area contributed by atoms with Crippen LogP contribution in [0.25, 0.3) is 0 Å². The van der Waals surface area contributed by atoms with E-state index in [1.807, 2.05) is 59.0 Å². The third-order valence-electron chi connectivity index (χ3n) is 4.97.